The summed E-state index contributed by atoms with van der Waals surface area (Å²) in [5, 5.41) is 0. The van der Waals surface area contributed by atoms with Gasteiger partial charge in [0.15, 0.2) is 6.10 Å². The monoisotopic (exact) mass is 320 g/mol. The van der Waals surface area contributed by atoms with Gasteiger partial charge in [-0.25, -0.2) is 0 Å². The zero-order valence-corrected chi connectivity index (χ0v) is 13.8. The first kappa shape index (κ1) is 20.3. The smallest absolute Gasteiger partial charge is 0.303 e. The molecule has 4 atom stereocenters. The Morgan fingerprint density at radius 1 is 0.818 bits per heavy atom. The van der Waals surface area contributed by atoms with Crippen molar-refractivity contribution in [3.05, 3.63) is 0 Å². The van der Waals surface area contributed by atoms with Gasteiger partial charge in [-0.2, -0.15) is 0 Å². The molecule has 8 nitrogen and oxygen atoms in total. The maximum Gasteiger partial charge on any atom is 0.303 e. The van der Waals surface area contributed by atoms with Crippen molar-refractivity contribution in [3.63, 3.8) is 0 Å². The van der Waals surface area contributed by atoms with Crippen LogP contribution in [0.1, 0.15) is 27.7 Å². The summed E-state index contributed by atoms with van der Waals surface area (Å²) in [5.74, 6) is -1.56. The van der Waals surface area contributed by atoms with Crippen molar-refractivity contribution in [2.24, 2.45) is 0 Å². The SMILES string of the molecule is CO[C@H]([C@@H](OC(C)=O)[C@H](C)OC(C)=O)[C@H](COC(C)=O)OC. The number of carbonyl (C=O) groups excluding carboxylic acids is 3. The first-order valence-corrected chi connectivity index (χ1v) is 6.76. The summed E-state index contributed by atoms with van der Waals surface area (Å²) in [6.45, 7) is 5.22. The van der Waals surface area contributed by atoms with Crippen molar-refractivity contribution in [2.75, 3.05) is 20.8 Å². The van der Waals surface area contributed by atoms with Crippen molar-refractivity contribution in [2.45, 2.75) is 52.1 Å². The van der Waals surface area contributed by atoms with Crippen LogP contribution in [0.15, 0.2) is 0 Å². The van der Waals surface area contributed by atoms with E-state index in [1.165, 1.54) is 35.0 Å². The fourth-order valence-corrected chi connectivity index (χ4v) is 1.94. The second-order valence-corrected chi connectivity index (χ2v) is 4.67. The van der Waals surface area contributed by atoms with E-state index in [1.807, 2.05) is 0 Å². The Morgan fingerprint density at radius 2 is 1.36 bits per heavy atom. The number of ether oxygens (including phenoxy) is 5. The molecule has 0 saturated carbocycles. The lowest BCUT2D eigenvalue weighted by Crippen LogP contribution is -2.50. The molecule has 0 bridgehead atoms. The maximum absolute atomic E-state index is 11.3. The van der Waals surface area contributed by atoms with Crippen molar-refractivity contribution in [1.82, 2.24) is 0 Å². The minimum atomic E-state index is -0.910. The summed E-state index contributed by atoms with van der Waals surface area (Å²) in [4.78, 5) is 33.3. The highest BCUT2D eigenvalue weighted by molar-refractivity contribution is 5.67. The molecule has 0 radical (unpaired) electrons. The molecule has 0 aliphatic carbocycles. The van der Waals surface area contributed by atoms with Gasteiger partial charge in [-0.05, 0) is 6.92 Å². The molecule has 0 aromatic rings. The Bertz CT molecular complexity index is 381. The van der Waals surface area contributed by atoms with Crippen LogP contribution in [0.4, 0.5) is 0 Å². The molecule has 0 heterocycles. The number of rotatable bonds is 9. The van der Waals surface area contributed by atoms with E-state index in [4.69, 9.17) is 23.7 Å². The van der Waals surface area contributed by atoms with Gasteiger partial charge in [0.25, 0.3) is 0 Å². The van der Waals surface area contributed by atoms with E-state index in [9.17, 15) is 14.4 Å². The normalized spacial score (nSPS) is 16.1. The van der Waals surface area contributed by atoms with Crippen LogP contribution in [-0.4, -0.2) is 63.2 Å². The third-order valence-electron chi connectivity index (χ3n) is 2.83. The largest absolute Gasteiger partial charge is 0.463 e. The molecule has 0 aromatic carbocycles. The molecule has 0 aromatic heterocycles. The van der Waals surface area contributed by atoms with Gasteiger partial charge in [0.1, 0.15) is 24.9 Å². The second kappa shape index (κ2) is 10.1. The van der Waals surface area contributed by atoms with Crippen LogP contribution in [0.5, 0.6) is 0 Å². The molecule has 0 aliphatic heterocycles. The van der Waals surface area contributed by atoms with Crippen LogP contribution in [0.2, 0.25) is 0 Å². The van der Waals surface area contributed by atoms with Crippen molar-refractivity contribution >= 4 is 17.9 Å². The van der Waals surface area contributed by atoms with Crippen LogP contribution in [0.25, 0.3) is 0 Å². The number of methoxy groups -OCH3 is 2. The highest BCUT2D eigenvalue weighted by atomic mass is 16.6. The fourth-order valence-electron chi connectivity index (χ4n) is 1.94. The van der Waals surface area contributed by atoms with Gasteiger partial charge < -0.3 is 23.7 Å². The topological polar surface area (TPSA) is 97.4 Å². The third kappa shape index (κ3) is 7.37. The van der Waals surface area contributed by atoms with E-state index in [0.717, 1.165) is 0 Å². The molecule has 0 aliphatic rings. The minimum Gasteiger partial charge on any atom is -0.463 e. The highest BCUT2D eigenvalue weighted by Gasteiger charge is 2.38. The van der Waals surface area contributed by atoms with Crippen LogP contribution < -0.4 is 0 Å². The Hall–Kier alpha value is -1.67. The predicted molar refractivity (Wildman–Crippen MR) is 75.0 cm³/mol. The molecule has 22 heavy (non-hydrogen) atoms. The molecule has 0 fully saturated rings. The molecular weight excluding hydrogens is 296 g/mol. The summed E-state index contributed by atoms with van der Waals surface area (Å²) in [7, 11) is 2.79. The first-order chi connectivity index (χ1) is 10.2. The van der Waals surface area contributed by atoms with Crippen LogP contribution >= 0.6 is 0 Å². The first-order valence-electron chi connectivity index (χ1n) is 6.76. The Balaban J connectivity index is 5.18. The average molecular weight is 320 g/mol. The predicted octanol–water partition coefficient (Wildman–Crippen LogP) is 0.463. The Morgan fingerprint density at radius 3 is 1.73 bits per heavy atom. The standard InChI is InChI=1S/C14H24O8/c1-8(21-10(3)16)13(22-11(4)17)14(19-6)12(18-5)7-20-9(2)15/h8,12-14H,7H2,1-6H3/t8-,12-,13-,14-/m0/s1. The molecule has 0 N–H and O–H groups in total. The molecule has 0 rings (SSSR count). The summed E-state index contributed by atoms with van der Waals surface area (Å²) >= 11 is 0. The van der Waals surface area contributed by atoms with Crippen LogP contribution in [0.3, 0.4) is 0 Å². The van der Waals surface area contributed by atoms with E-state index in [1.54, 1.807) is 6.92 Å². The van der Waals surface area contributed by atoms with Crippen molar-refractivity contribution < 1.29 is 38.1 Å². The highest BCUT2D eigenvalue weighted by Crippen LogP contribution is 2.18. The van der Waals surface area contributed by atoms with Gasteiger partial charge in [0.2, 0.25) is 0 Å². The quantitative estimate of drug-likeness (QED) is 0.446. The van der Waals surface area contributed by atoms with Crippen molar-refractivity contribution in [3.8, 4) is 0 Å². The maximum atomic E-state index is 11.3. The lowest BCUT2D eigenvalue weighted by Gasteiger charge is -2.33. The number of hydrogen-bond donors (Lipinski definition) is 0. The summed E-state index contributed by atoms with van der Waals surface area (Å²) in [6.07, 6.45) is -3.16. The summed E-state index contributed by atoms with van der Waals surface area (Å²) in [6, 6.07) is 0. The van der Waals surface area contributed by atoms with Gasteiger partial charge in [-0.1, -0.05) is 0 Å². The van der Waals surface area contributed by atoms with E-state index >= 15 is 0 Å². The lowest BCUT2D eigenvalue weighted by atomic mass is 10.0. The zero-order chi connectivity index (χ0) is 17.3. The zero-order valence-electron chi connectivity index (χ0n) is 13.8. The molecule has 0 saturated heterocycles. The molecule has 0 unspecified atom stereocenters. The average Bonchev–Trinajstić information content (AvgIpc) is 2.40. The summed E-state index contributed by atoms with van der Waals surface area (Å²) < 4.78 is 25.7. The molecule has 0 amide bonds. The minimum absolute atomic E-state index is 0.0884. The Labute approximate surface area is 130 Å². The number of carbonyl (C=O) groups is 3. The van der Waals surface area contributed by atoms with Gasteiger partial charge in [-0.3, -0.25) is 14.4 Å². The number of esters is 3. The van der Waals surface area contributed by atoms with Gasteiger partial charge in [0, 0.05) is 35.0 Å². The third-order valence-corrected chi connectivity index (χ3v) is 2.83. The van der Waals surface area contributed by atoms with E-state index in [0.29, 0.717) is 0 Å². The van der Waals surface area contributed by atoms with E-state index < -0.39 is 42.3 Å². The van der Waals surface area contributed by atoms with Crippen LogP contribution in [-0.2, 0) is 38.1 Å². The molecule has 8 heteroatoms. The Kier molecular flexibility index (Phi) is 9.35. The van der Waals surface area contributed by atoms with Crippen LogP contribution in [0, 0.1) is 0 Å². The molecular formula is C14H24O8. The van der Waals surface area contributed by atoms with E-state index in [2.05, 4.69) is 0 Å². The van der Waals surface area contributed by atoms with E-state index in [-0.39, 0.29) is 6.61 Å². The second-order valence-electron chi connectivity index (χ2n) is 4.67. The molecule has 0 spiro atoms. The van der Waals surface area contributed by atoms with Gasteiger partial charge in [-0.15, -0.1) is 0 Å². The van der Waals surface area contributed by atoms with Gasteiger partial charge >= 0.3 is 17.9 Å². The molecule has 128 valence electrons. The number of hydrogen-bond acceptors (Lipinski definition) is 8. The summed E-state index contributed by atoms with van der Waals surface area (Å²) in [5.41, 5.74) is 0. The lowest BCUT2D eigenvalue weighted by molar-refractivity contribution is -0.189. The van der Waals surface area contributed by atoms with Crippen molar-refractivity contribution in [1.29, 1.82) is 0 Å². The van der Waals surface area contributed by atoms with Gasteiger partial charge in [0.05, 0.1) is 0 Å². The fraction of sp³-hybridized carbons (Fsp3) is 0.786.